The molecular formula is C13H18ClNO2S. The summed E-state index contributed by atoms with van der Waals surface area (Å²) in [6, 6.07) is 2.73. The highest BCUT2D eigenvalue weighted by atomic mass is 35.5. The quantitative estimate of drug-likeness (QED) is 0.771. The van der Waals surface area contributed by atoms with Crippen LogP contribution < -0.4 is 5.32 Å². The fourth-order valence-electron chi connectivity index (χ4n) is 3.35. The first kappa shape index (κ1) is 12.9. The molecule has 1 spiro atoms. The summed E-state index contributed by atoms with van der Waals surface area (Å²) in [5, 5.41) is 13.6. The van der Waals surface area contributed by atoms with Gasteiger partial charge in [0.15, 0.2) is 0 Å². The van der Waals surface area contributed by atoms with Gasteiger partial charge in [0.1, 0.15) is 11.7 Å². The lowest BCUT2D eigenvalue weighted by atomic mass is 9.80. The zero-order valence-corrected chi connectivity index (χ0v) is 12.1. The molecule has 0 aliphatic carbocycles. The number of hydrogen-bond acceptors (Lipinski definition) is 4. The highest BCUT2D eigenvalue weighted by Gasteiger charge is 2.46. The van der Waals surface area contributed by atoms with Crippen LogP contribution in [0, 0.1) is 0 Å². The Balaban J connectivity index is 2.05. The van der Waals surface area contributed by atoms with Gasteiger partial charge in [0.2, 0.25) is 0 Å². The van der Waals surface area contributed by atoms with E-state index in [0.29, 0.717) is 18.7 Å². The van der Waals surface area contributed by atoms with E-state index in [2.05, 4.69) is 19.2 Å². The maximum atomic E-state index is 10.0. The molecule has 0 unspecified atom stereocenters. The van der Waals surface area contributed by atoms with E-state index < -0.39 is 6.10 Å². The van der Waals surface area contributed by atoms with E-state index in [9.17, 15) is 5.11 Å². The first-order chi connectivity index (χ1) is 8.50. The van der Waals surface area contributed by atoms with E-state index in [1.807, 2.05) is 6.07 Å². The average Bonchev–Trinajstić information content (AvgIpc) is 2.67. The van der Waals surface area contributed by atoms with E-state index in [1.165, 1.54) is 0 Å². The minimum absolute atomic E-state index is 0.254. The average molecular weight is 288 g/mol. The molecule has 0 amide bonds. The van der Waals surface area contributed by atoms with Crippen molar-refractivity contribution in [2.24, 2.45) is 0 Å². The largest absolute Gasteiger partial charge is 0.386 e. The third-order valence-corrected chi connectivity index (χ3v) is 5.33. The Bertz CT molecular complexity index is 452. The Morgan fingerprint density at radius 3 is 2.78 bits per heavy atom. The molecule has 0 radical (unpaired) electrons. The number of aliphatic hydroxyl groups is 1. The third-order valence-electron chi connectivity index (χ3n) is 3.86. The van der Waals surface area contributed by atoms with Crippen LogP contribution >= 0.6 is 22.9 Å². The zero-order chi connectivity index (χ0) is 12.9. The van der Waals surface area contributed by atoms with Gasteiger partial charge in [-0.15, -0.1) is 11.3 Å². The number of piperidine rings is 1. The van der Waals surface area contributed by atoms with Gasteiger partial charge >= 0.3 is 0 Å². The lowest BCUT2D eigenvalue weighted by molar-refractivity contribution is -0.127. The molecule has 0 saturated carbocycles. The third kappa shape index (κ3) is 2.00. The lowest BCUT2D eigenvalue weighted by Crippen LogP contribution is -2.52. The van der Waals surface area contributed by atoms with Gasteiger partial charge in [0, 0.05) is 22.5 Å². The minimum Gasteiger partial charge on any atom is -0.386 e. The molecule has 1 saturated heterocycles. The Hall–Kier alpha value is -0.130. The maximum Gasteiger partial charge on any atom is 0.106 e. The maximum absolute atomic E-state index is 10.0. The second kappa shape index (κ2) is 4.46. The van der Waals surface area contributed by atoms with Gasteiger partial charge < -0.3 is 15.2 Å². The SMILES string of the molecule is C[C@@H]1C[C@]2(C[C@H](C)N1)OC[C@@H](O)c1cc(Cl)sc12. The molecule has 2 aliphatic rings. The molecule has 2 aliphatic heterocycles. The lowest BCUT2D eigenvalue weighted by Gasteiger charge is -2.46. The molecular weight excluding hydrogens is 270 g/mol. The first-order valence-electron chi connectivity index (χ1n) is 6.38. The van der Waals surface area contributed by atoms with Crippen molar-refractivity contribution < 1.29 is 9.84 Å². The van der Waals surface area contributed by atoms with E-state index in [1.54, 1.807) is 11.3 Å². The summed E-state index contributed by atoms with van der Waals surface area (Å²) in [5.41, 5.74) is 0.716. The van der Waals surface area contributed by atoms with Crippen molar-refractivity contribution in [1.29, 1.82) is 0 Å². The molecule has 1 aromatic rings. The van der Waals surface area contributed by atoms with Crippen LogP contribution in [0.5, 0.6) is 0 Å². The van der Waals surface area contributed by atoms with Crippen LogP contribution in [0.1, 0.15) is 43.2 Å². The van der Waals surface area contributed by atoms with Gasteiger partial charge in [-0.25, -0.2) is 0 Å². The molecule has 3 rings (SSSR count). The molecule has 3 nitrogen and oxygen atoms in total. The topological polar surface area (TPSA) is 41.5 Å². The summed E-state index contributed by atoms with van der Waals surface area (Å²) >= 11 is 7.68. The number of nitrogens with one attached hydrogen (secondary N) is 1. The summed E-state index contributed by atoms with van der Waals surface area (Å²) in [6.45, 7) is 4.74. The van der Waals surface area contributed by atoms with Gasteiger partial charge in [-0.1, -0.05) is 11.6 Å². The molecule has 4 atom stereocenters. The smallest absolute Gasteiger partial charge is 0.106 e. The van der Waals surface area contributed by atoms with Crippen LogP contribution in [0.2, 0.25) is 4.34 Å². The fourth-order valence-corrected chi connectivity index (χ4v) is 4.80. The number of aliphatic hydroxyl groups excluding tert-OH is 1. The molecule has 2 N–H and O–H groups in total. The van der Waals surface area contributed by atoms with Crippen LogP contribution in [-0.4, -0.2) is 23.8 Å². The van der Waals surface area contributed by atoms with Crippen LogP contribution in [0.3, 0.4) is 0 Å². The van der Waals surface area contributed by atoms with E-state index >= 15 is 0 Å². The van der Waals surface area contributed by atoms with Gasteiger partial charge in [0.25, 0.3) is 0 Å². The van der Waals surface area contributed by atoms with Gasteiger partial charge in [-0.2, -0.15) is 0 Å². The summed E-state index contributed by atoms with van der Waals surface area (Å²) in [4.78, 5) is 1.13. The van der Waals surface area contributed by atoms with Crippen molar-refractivity contribution in [2.75, 3.05) is 6.61 Å². The van der Waals surface area contributed by atoms with Crippen molar-refractivity contribution in [3.63, 3.8) is 0 Å². The predicted octanol–water partition coefficient (Wildman–Crippen LogP) is 2.82. The molecule has 100 valence electrons. The van der Waals surface area contributed by atoms with Crippen molar-refractivity contribution >= 4 is 22.9 Å². The van der Waals surface area contributed by atoms with Crippen molar-refractivity contribution in [3.05, 3.63) is 20.8 Å². The number of ether oxygens (including phenoxy) is 1. The van der Waals surface area contributed by atoms with Crippen LogP contribution in [0.15, 0.2) is 6.07 Å². The number of halogens is 1. The predicted molar refractivity (Wildman–Crippen MR) is 73.2 cm³/mol. The molecule has 1 fully saturated rings. The second-order valence-corrected chi connectivity index (χ2v) is 7.22. The van der Waals surface area contributed by atoms with Gasteiger partial charge in [0.05, 0.1) is 10.9 Å². The minimum atomic E-state index is -0.533. The fraction of sp³-hybridized carbons (Fsp3) is 0.692. The Labute approximate surface area is 116 Å². The normalized spacial score (nSPS) is 39.9. The molecule has 3 heterocycles. The van der Waals surface area contributed by atoms with Crippen LogP contribution in [0.25, 0.3) is 0 Å². The highest BCUT2D eigenvalue weighted by molar-refractivity contribution is 7.16. The van der Waals surface area contributed by atoms with Crippen molar-refractivity contribution in [2.45, 2.75) is 50.5 Å². The van der Waals surface area contributed by atoms with E-state index in [-0.39, 0.29) is 5.60 Å². The first-order valence-corrected chi connectivity index (χ1v) is 7.57. The Kier molecular flexibility index (Phi) is 3.19. The summed E-state index contributed by atoms with van der Waals surface area (Å²) < 4.78 is 6.80. The molecule has 0 bridgehead atoms. The summed E-state index contributed by atoms with van der Waals surface area (Å²) in [7, 11) is 0. The Morgan fingerprint density at radius 1 is 1.44 bits per heavy atom. The number of fused-ring (bicyclic) bond motifs is 2. The standard InChI is InChI=1S/C13H18ClNO2S/c1-7-4-13(5-8(2)15-7)12-9(3-11(14)18-12)10(16)6-17-13/h3,7-8,10,15-16H,4-6H2,1-2H3/t7-,8+,10-,13-/m1/s1. The van der Waals surface area contributed by atoms with Gasteiger partial charge in [-0.3, -0.25) is 0 Å². The summed E-state index contributed by atoms with van der Waals surface area (Å²) in [5.74, 6) is 0. The van der Waals surface area contributed by atoms with Crippen molar-refractivity contribution in [1.82, 2.24) is 5.32 Å². The van der Waals surface area contributed by atoms with Crippen molar-refractivity contribution in [3.8, 4) is 0 Å². The van der Waals surface area contributed by atoms with Crippen LogP contribution in [0.4, 0.5) is 0 Å². The molecule has 18 heavy (non-hydrogen) atoms. The molecule has 1 aromatic heterocycles. The molecule has 5 heteroatoms. The number of rotatable bonds is 0. The number of hydrogen-bond donors (Lipinski definition) is 2. The zero-order valence-electron chi connectivity index (χ0n) is 10.6. The summed E-state index contributed by atoms with van der Waals surface area (Å²) in [6.07, 6.45) is 1.34. The van der Waals surface area contributed by atoms with E-state index in [4.69, 9.17) is 16.3 Å². The number of thiophene rings is 1. The van der Waals surface area contributed by atoms with Gasteiger partial charge in [-0.05, 0) is 32.8 Å². The Morgan fingerprint density at radius 2 is 2.11 bits per heavy atom. The highest BCUT2D eigenvalue weighted by Crippen LogP contribution is 2.49. The second-order valence-electron chi connectivity index (χ2n) is 5.53. The monoisotopic (exact) mass is 287 g/mol. The molecule has 0 aromatic carbocycles. The van der Waals surface area contributed by atoms with E-state index in [0.717, 1.165) is 27.6 Å². The van der Waals surface area contributed by atoms with Crippen LogP contribution in [-0.2, 0) is 10.3 Å².